The summed E-state index contributed by atoms with van der Waals surface area (Å²) in [4.78, 5) is 26.6. The predicted molar refractivity (Wildman–Crippen MR) is 80.9 cm³/mol. The molecular formula is C17H18N2O3. The molecule has 1 fully saturated rings. The summed E-state index contributed by atoms with van der Waals surface area (Å²) in [7, 11) is 0. The van der Waals surface area contributed by atoms with E-state index in [2.05, 4.69) is 0 Å². The molecular weight excluding hydrogens is 280 g/mol. The van der Waals surface area contributed by atoms with Crippen LogP contribution in [0.4, 0.5) is 0 Å². The van der Waals surface area contributed by atoms with Gasteiger partial charge in [0.2, 0.25) is 0 Å². The van der Waals surface area contributed by atoms with Gasteiger partial charge < -0.3 is 13.9 Å². The van der Waals surface area contributed by atoms with Gasteiger partial charge in [-0.15, -0.1) is 0 Å². The second-order valence-corrected chi connectivity index (χ2v) is 6.30. The molecule has 0 saturated carbocycles. The van der Waals surface area contributed by atoms with E-state index in [0.29, 0.717) is 36.9 Å². The molecule has 0 aromatic carbocycles. The molecule has 5 heteroatoms. The Bertz CT molecular complexity index is 789. The van der Waals surface area contributed by atoms with E-state index in [1.54, 1.807) is 18.4 Å². The van der Waals surface area contributed by atoms with Crippen LogP contribution < -0.4 is 5.56 Å². The average Bonchev–Trinajstić information content (AvgIpc) is 2.93. The van der Waals surface area contributed by atoms with E-state index in [9.17, 15) is 9.59 Å². The van der Waals surface area contributed by atoms with Gasteiger partial charge in [-0.25, -0.2) is 0 Å². The minimum Gasteiger partial charge on any atom is -0.469 e. The van der Waals surface area contributed by atoms with E-state index in [4.69, 9.17) is 4.42 Å². The van der Waals surface area contributed by atoms with Gasteiger partial charge in [0.25, 0.3) is 11.5 Å². The highest BCUT2D eigenvalue weighted by Crippen LogP contribution is 2.35. The normalized spacial score (nSPS) is 23.2. The van der Waals surface area contributed by atoms with Crippen molar-refractivity contribution in [1.29, 1.82) is 0 Å². The summed E-state index contributed by atoms with van der Waals surface area (Å²) in [5.41, 5.74) is 1.77. The number of carbonyl (C=O) groups excluding carboxylic acids is 1. The number of carbonyl (C=O) groups is 1. The van der Waals surface area contributed by atoms with Crippen molar-refractivity contribution < 1.29 is 9.21 Å². The maximum absolute atomic E-state index is 12.7. The molecule has 2 aliphatic heterocycles. The number of hydrogen-bond donors (Lipinski definition) is 0. The summed E-state index contributed by atoms with van der Waals surface area (Å²) in [6.07, 6.45) is 2.61. The standard InChI is InChI=1S/C17H18N2O3/c1-11-14(5-6-22-11)17(21)18-8-12-7-13(10-18)15-3-2-4-16(20)19(15)9-12/h2-6,12-13H,7-10H2,1H3/t12-,13-/m1/s1. The SMILES string of the molecule is Cc1occc1C(=O)N1C[C@H]2C[C@H](C1)c1cccc(=O)n1C2. The lowest BCUT2D eigenvalue weighted by atomic mass is 9.83. The van der Waals surface area contributed by atoms with Gasteiger partial charge >= 0.3 is 0 Å². The zero-order chi connectivity index (χ0) is 15.3. The van der Waals surface area contributed by atoms with Crippen LogP contribution in [0, 0.1) is 12.8 Å². The molecule has 1 amide bonds. The minimum atomic E-state index is 0.0349. The number of furan rings is 1. The second-order valence-electron chi connectivity index (χ2n) is 6.30. The Balaban J connectivity index is 1.65. The number of likely N-dealkylation sites (tertiary alicyclic amines) is 1. The van der Waals surface area contributed by atoms with Crippen molar-refractivity contribution in [1.82, 2.24) is 9.47 Å². The summed E-state index contributed by atoms with van der Waals surface area (Å²) in [6.45, 7) is 3.90. The molecule has 5 nitrogen and oxygen atoms in total. The van der Waals surface area contributed by atoms with Crippen LogP contribution in [0.3, 0.4) is 0 Å². The molecule has 0 aliphatic carbocycles. The molecule has 2 aromatic rings. The Morgan fingerprint density at radius 2 is 2.09 bits per heavy atom. The van der Waals surface area contributed by atoms with Gasteiger partial charge in [0.15, 0.2) is 0 Å². The highest BCUT2D eigenvalue weighted by Gasteiger charge is 2.36. The fraction of sp³-hybridized carbons (Fsp3) is 0.412. The van der Waals surface area contributed by atoms with E-state index < -0.39 is 0 Å². The van der Waals surface area contributed by atoms with E-state index >= 15 is 0 Å². The molecule has 0 unspecified atom stereocenters. The number of nitrogens with zero attached hydrogens (tertiary/aromatic N) is 2. The van der Waals surface area contributed by atoms with Crippen molar-refractivity contribution in [2.24, 2.45) is 5.92 Å². The Hall–Kier alpha value is -2.30. The van der Waals surface area contributed by atoms with E-state index in [-0.39, 0.29) is 17.4 Å². The summed E-state index contributed by atoms with van der Waals surface area (Å²) >= 11 is 0. The van der Waals surface area contributed by atoms with Crippen LogP contribution in [0.25, 0.3) is 0 Å². The molecule has 2 bridgehead atoms. The first kappa shape index (κ1) is 13.4. The lowest BCUT2D eigenvalue weighted by Gasteiger charge is -2.42. The molecule has 1 saturated heterocycles. The molecule has 0 radical (unpaired) electrons. The Morgan fingerprint density at radius 3 is 2.86 bits per heavy atom. The predicted octanol–water partition coefficient (Wildman–Crippen LogP) is 2.01. The number of fused-ring (bicyclic) bond motifs is 4. The van der Waals surface area contributed by atoms with Gasteiger partial charge in [-0.1, -0.05) is 6.07 Å². The van der Waals surface area contributed by atoms with Crippen LogP contribution >= 0.6 is 0 Å². The summed E-state index contributed by atoms with van der Waals surface area (Å²) in [5, 5.41) is 0. The van der Waals surface area contributed by atoms with Gasteiger partial charge in [-0.05, 0) is 31.4 Å². The Kier molecular flexibility index (Phi) is 2.96. The van der Waals surface area contributed by atoms with Crippen LogP contribution in [0.1, 0.15) is 34.2 Å². The molecule has 4 rings (SSSR count). The van der Waals surface area contributed by atoms with Gasteiger partial charge in [0.05, 0.1) is 11.8 Å². The third-order valence-corrected chi connectivity index (χ3v) is 4.86. The first-order valence-corrected chi connectivity index (χ1v) is 7.66. The molecule has 114 valence electrons. The fourth-order valence-electron chi connectivity index (χ4n) is 3.84. The number of pyridine rings is 1. The summed E-state index contributed by atoms with van der Waals surface area (Å²) in [5.74, 6) is 1.30. The smallest absolute Gasteiger partial charge is 0.257 e. The largest absolute Gasteiger partial charge is 0.469 e. The van der Waals surface area contributed by atoms with Crippen LogP contribution in [0.15, 0.2) is 39.7 Å². The van der Waals surface area contributed by atoms with Crippen molar-refractivity contribution in [2.45, 2.75) is 25.8 Å². The minimum absolute atomic E-state index is 0.0349. The molecule has 2 aliphatic rings. The molecule has 0 spiro atoms. The molecule has 0 N–H and O–H groups in total. The maximum Gasteiger partial charge on any atom is 0.257 e. The fourth-order valence-corrected chi connectivity index (χ4v) is 3.84. The zero-order valence-electron chi connectivity index (χ0n) is 12.5. The zero-order valence-corrected chi connectivity index (χ0v) is 12.5. The van der Waals surface area contributed by atoms with Crippen molar-refractivity contribution in [3.63, 3.8) is 0 Å². The Morgan fingerprint density at radius 1 is 1.23 bits per heavy atom. The molecule has 2 atom stereocenters. The molecule has 22 heavy (non-hydrogen) atoms. The van der Waals surface area contributed by atoms with Gasteiger partial charge in [0, 0.05) is 37.3 Å². The number of rotatable bonds is 1. The highest BCUT2D eigenvalue weighted by molar-refractivity contribution is 5.95. The summed E-state index contributed by atoms with van der Waals surface area (Å²) < 4.78 is 7.13. The topological polar surface area (TPSA) is 55.5 Å². The number of piperidine rings is 1. The lowest BCUT2D eigenvalue weighted by molar-refractivity contribution is 0.0593. The van der Waals surface area contributed by atoms with E-state index in [0.717, 1.165) is 12.1 Å². The van der Waals surface area contributed by atoms with Crippen molar-refractivity contribution in [3.05, 3.63) is 57.9 Å². The maximum atomic E-state index is 12.7. The van der Waals surface area contributed by atoms with E-state index in [1.165, 1.54) is 0 Å². The first-order valence-electron chi connectivity index (χ1n) is 7.66. The lowest BCUT2D eigenvalue weighted by Crippen LogP contribution is -2.49. The first-order chi connectivity index (χ1) is 10.6. The van der Waals surface area contributed by atoms with Crippen molar-refractivity contribution in [2.75, 3.05) is 13.1 Å². The number of hydrogen-bond acceptors (Lipinski definition) is 3. The highest BCUT2D eigenvalue weighted by atomic mass is 16.3. The van der Waals surface area contributed by atoms with Gasteiger partial charge in [-0.2, -0.15) is 0 Å². The van der Waals surface area contributed by atoms with Gasteiger partial charge in [0.1, 0.15) is 5.76 Å². The number of amides is 1. The van der Waals surface area contributed by atoms with Crippen LogP contribution in [-0.2, 0) is 6.54 Å². The number of aromatic nitrogens is 1. The number of aryl methyl sites for hydroxylation is 1. The van der Waals surface area contributed by atoms with Crippen LogP contribution in [0.5, 0.6) is 0 Å². The molecule has 4 heterocycles. The quantitative estimate of drug-likeness (QED) is 0.809. The third-order valence-electron chi connectivity index (χ3n) is 4.86. The van der Waals surface area contributed by atoms with Crippen molar-refractivity contribution >= 4 is 5.91 Å². The average molecular weight is 298 g/mol. The molecule has 2 aromatic heterocycles. The van der Waals surface area contributed by atoms with E-state index in [1.807, 2.05) is 28.5 Å². The monoisotopic (exact) mass is 298 g/mol. The second kappa shape index (κ2) is 4.87. The van der Waals surface area contributed by atoms with Crippen LogP contribution in [-0.4, -0.2) is 28.5 Å². The summed E-state index contributed by atoms with van der Waals surface area (Å²) in [6, 6.07) is 7.18. The van der Waals surface area contributed by atoms with Crippen LogP contribution in [0.2, 0.25) is 0 Å². The van der Waals surface area contributed by atoms with Crippen molar-refractivity contribution in [3.8, 4) is 0 Å². The van der Waals surface area contributed by atoms with Gasteiger partial charge in [-0.3, -0.25) is 9.59 Å². The third kappa shape index (κ3) is 2.00. The Labute approximate surface area is 128 Å².